The van der Waals surface area contributed by atoms with Crippen LogP contribution in [0.4, 0.5) is 0 Å². The molecule has 4 nitrogen and oxygen atoms in total. The van der Waals surface area contributed by atoms with Crippen LogP contribution in [0.2, 0.25) is 0 Å². The molecule has 0 aromatic carbocycles. The second-order valence-corrected chi connectivity index (χ2v) is 6.80. The zero-order valence-corrected chi connectivity index (χ0v) is 14.3. The minimum absolute atomic E-state index is 0.00282. The number of allylic oxidation sites excluding steroid dienone is 4. The third-order valence-electron chi connectivity index (χ3n) is 5.55. The van der Waals surface area contributed by atoms with Crippen LogP contribution in [0.5, 0.6) is 0 Å². The van der Waals surface area contributed by atoms with E-state index in [1.807, 2.05) is 0 Å². The van der Waals surface area contributed by atoms with Gasteiger partial charge in [-0.15, -0.1) is 0 Å². The number of carbonyl (C=O) groups excluding carboxylic acids is 1. The Morgan fingerprint density at radius 2 is 2.00 bits per heavy atom. The van der Waals surface area contributed by atoms with Crippen LogP contribution < -0.4 is 0 Å². The van der Waals surface area contributed by atoms with Gasteiger partial charge in [0.25, 0.3) is 0 Å². The van der Waals surface area contributed by atoms with Crippen molar-refractivity contribution in [2.24, 2.45) is 16.8 Å². The SMILES string of the molecule is CCN(CC)C1=CC2OC3=CC(=O)C4CC=CCC4C3N=C2C=C1. The summed E-state index contributed by atoms with van der Waals surface area (Å²) in [6, 6.07) is -0.00282. The largest absolute Gasteiger partial charge is 0.482 e. The summed E-state index contributed by atoms with van der Waals surface area (Å²) in [7, 11) is 0. The molecule has 126 valence electrons. The van der Waals surface area contributed by atoms with Gasteiger partial charge in [0, 0.05) is 36.7 Å². The number of carbonyl (C=O) groups is 1. The fourth-order valence-electron chi connectivity index (χ4n) is 4.20. The summed E-state index contributed by atoms with van der Waals surface area (Å²) in [4.78, 5) is 19.7. The molecule has 4 atom stereocenters. The van der Waals surface area contributed by atoms with Crippen LogP contribution in [-0.4, -0.2) is 41.6 Å². The third kappa shape index (κ3) is 2.45. The van der Waals surface area contributed by atoms with Gasteiger partial charge in [-0.3, -0.25) is 9.79 Å². The topological polar surface area (TPSA) is 41.9 Å². The molecule has 0 fully saturated rings. The molecule has 0 amide bonds. The second-order valence-electron chi connectivity index (χ2n) is 6.80. The van der Waals surface area contributed by atoms with Crippen LogP contribution >= 0.6 is 0 Å². The van der Waals surface area contributed by atoms with Gasteiger partial charge in [0.1, 0.15) is 11.8 Å². The second kappa shape index (κ2) is 6.08. The van der Waals surface area contributed by atoms with Crippen molar-refractivity contribution in [2.45, 2.75) is 38.8 Å². The molecule has 0 aromatic rings. The summed E-state index contributed by atoms with van der Waals surface area (Å²) in [5.74, 6) is 1.28. The van der Waals surface area contributed by atoms with E-state index >= 15 is 0 Å². The van der Waals surface area contributed by atoms with Crippen molar-refractivity contribution in [2.75, 3.05) is 13.1 Å². The number of ketones is 1. The molecular weight excluding hydrogens is 300 g/mol. The summed E-state index contributed by atoms with van der Waals surface area (Å²) in [6.07, 6.45) is 13.9. The maximum atomic E-state index is 12.4. The molecule has 4 rings (SSSR count). The van der Waals surface area contributed by atoms with E-state index in [9.17, 15) is 4.79 Å². The number of nitrogens with zero attached hydrogens (tertiary/aromatic N) is 2. The molecule has 4 unspecified atom stereocenters. The first-order valence-corrected chi connectivity index (χ1v) is 9.01. The lowest BCUT2D eigenvalue weighted by Crippen LogP contribution is -2.44. The molecule has 0 saturated heterocycles. The Morgan fingerprint density at radius 3 is 2.79 bits per heavy atom. The first kappa shape index (κ1) is 15.4. The zero-order valence-electron chi connectivity index (χ0n) is 14.3. The lowest BCUT2D eigenvalue weighted by Gasteiger charge is -2.41. The van der Waals surface area contributed by atoms with Gasteiger partial charge in [0.2, 0.25) is 0 Å². The van der Waals surface area contributed by atoms with Gasteiger partial charge < -0.3 is 9.64 Å². The lowest BCUT2D eigenvalue weighted by molar-refractivity contribution is -0.121. The predicted octanol–water partition coefficient (Wildman–Crippen LogP) is 3.04. The fraction of sp³-hybridized carbons (Fsp3) is 0.500. The number of aliphatic imine (C=N–C) groups is 1. The molecule has 4 aliphatic rings. The summed E-state index contributed by atoms with van der Waals surface area (Å²) >= 11 is 0. The number of hydrogen-bond acceptors (Lipinski definition) is 4. The lowest BCUT2D eigenvalue weighted by atomic mass is 9.72. The minimum atomic E-state index is -0.170. The highest BCUT2D eigenvalue weighted by molar-refractivity contribution is 6.03. The van der Waals surface area contributed by atoms with Gasteiger partial charge >= 0.3 is 0 Å². The summed E-state index contributed by atoms with van der Waals surface area (Å²) in [5, 5.41) is 0. The van der Waals surface area contributed by atoms with Crippen molar-refractivity contribution in [3.63, 3.8) is 0 Å². The van der Waals surface area contributed by atoms with Crippen LogP contribution in [0, 0.1) is 11.8 Å². The molecular formula is C20H24N2O2. The zero-order chi connectivity index (χ0) is 16.7. The number of likely N-dealkylation sites (N-methyl/N-ethyl adjacent to an activating group) is 1. The Kier molecular flexibility index (Phi) is 3.91. The summed E-state index contributed by atoms with van der Waals surface area (Å²) in [5.41, 5.74) is 2.15. The van der Waals surface area contributed by atoms with Crippen molar-refractivity contribution >= 4 is 11.5 Å². The van der Waals surface area contributed by atoms with E-state index in [1.54, 1.807) is 6.08 Å². The van der Waals surface area contributed by atoms with Gasteiger partial charge in [-0.2, -0.15) is 0 Å². The van der Waals surface area contributed by atoms with Crippen molar-refractivity contribution < 1.29 is 9.53 Å². The van der Waals surface area contributed by atoms with Crippen molar-refractivity contribution in [3.8, 4) is 0 Å². The first-order valence-electron chi connectivity index (χ1n) is 9.01. The monoisotopic (exact) mass is 324 g/mol. The number of ether oxygens (including phenoxy) is 1. The Hall–Kier alpha value is -2.10. The highest BCUT2D eigenvalue weighted by Gasteiger charge is 2.43. The van der Waals surface area contributed by atoms with E-state index in [0.29, 0.717) is 0 Å². The van der Waals surface area contributed by atoms with Gasteiger partial charge in [0.05, 0.1) is 5.71 Å². The third-order valence-corrected chi connectivity index (χ3v) is 5.55. The van der Waals surface area contributed by atoms with Crippen LogP contribution in [0.15, 0.2) is 52.9 Å². The molecule has 0 N–H and O–H groups in total. The Labute approximate surface area is 143 Å². The number of hydrogen-bond donors (Lipinski definition) is 0. The molecule has 0 bridgehead atoms. The molecule has 3 aliphatic carbocycles. The van der Waals surface area contributed by atoms with E-state index < -0.39 is 0 Å². The Morgan fingerprint density at radius 1 is 1.21 bits per heavy atom. The maximum Gasteiger partial charge on any atom is 0.162 e. The van der Waals surface area contributed by atoms with Gasteiger partial charge in [-0.05, 0) is 44.9 Å². The van der Waals surface area contributed by atoms with E-state index in [1.165, 1.54) is 5.70 Å². The average Bonchev–Trinajstić information content (AvgIpc) is 2.62. The van der Waals surface area contributed by atoms with Gasteiger partial charge in [-0.1, -0.05) is 12.2 Å². The standard InChI is InChI=1S/C20H24N2O2/c1-3-22(4-2)13-9-10-16-18(11-13)24-19-12-17(23)14-7-5-6-8-15(14)20(19)21-16/h5-6,9-12,14-15,18,20H,3-4,7-8H2,1-2H3. The molecule has 1 heterocycles. The molecule has 1 aliphatic heterocycles. The molecule has 0 aromatic heterocycles. The molecule has 0 saturated carbocycles. The molecule has 4 heteroatoms. The van der Waals surface area contributed by atoms with E-state index in [-0.39, 0.29) is 29.8 Å². The first-order chi connectivity index (χ1) is 11.7. The van der Waals surface area contributed by atoms with E-state index in [0.717, 1.165) is 37.4 Å². The predicted molar refractivity (Wildman–Crippen MR) is 94.7 cm³/mol. The molecule has 0 radical (unpaired) electrons. The smallest absolute Gasteiger partial charge is 0.162 e. The highest BCUT2D eigenvalue weighted by Crippen LogP contribution is 2.40. The summed E-state index contributed by atoms with van der Waals surface area (Å²) < 4.78 is 6.21. The normalized spacial score (nSPS) is 33.4. The van der Waals surface area contributed by atoms with Gasteiger partial charge in [0.15, 0.2) is 11.9 Å². The quantitative estimate of drug-likeness (QED) is 0.749. The summed E-state index contributed by atoms with van der Waals surface area (Å²) in [6.45, 7) is 6.23. The fourth-order valence-corrected chi connectivity index (χ4v) is 4.20. The van der Waals surface area contributed by atoms with Crippen molar-refractivity contribution in [1.29, 1.82) is 0 Å². The van der Waals surface area contributed by atoms with E-state index in [4.69, 9.17) is 9.73 Å². The highest BCUT2D eigenvalue weighted by atomic mass is 16.5. The minimum Gasteiger partial charge on any atom is -0.482 e. The van der Waals surface area contributed by atoms with Crippen LogP contribution in [0.25, 0.3) is 0 Å². The van der Waals surface area contributed by atoms with E-state index in [2.05, 4.69) is 49.1 Å². The van der Waals surface area contributed by atoms with Crippen LogP contribution in [0.3, 0.4) is 0 Å². The average molecular weight is 324 g/mol. The Balaban J connectivity index is 1.65. The number of rotatable bonds is 3. The van der Waals surface area contributed by atoms with Crippen LogP contribution in [0.1, 0.15) is 26.7 Å². The van der Waals surface area contributed by atoms with Crippen molar-refractivity contribution in [1.82, 2.24) is 4.90 Å². The maximum absolute atomic E-state index is 12.4. The van der Waals surface area contributed by atoms with Crippen molar-refractivity contribution in [3.05, 3.63) is 47.9 Å². The molecule has 0 spiro atoms. The van der Waals surface area contributed by atoms with Gasteiger partial charge in [-0.25, -0.2) is 0 Å². The molecule has 24 heavy (non-hydrogen) atoms. The Bertz CT molecular complexity index is 694. The number of fused-ring (bicyclic) bond motifs is 4. The van der Waals surface area contributed by atoms with Crippen LogP contribution in [-0.2, 0) is 9.53 Å².